The molecular weight excluding hydrogens is 403 g/mol. The lowest BCUT2D eigenvalue weighted by atomic mass is 9.96. The summed E-state index contributed by atoms with van der Waals surface area (Å²) in [6.07, 6.45) is -2.25. The lowest BCUT2D eigenvalue weighted by Gasteiger charge is -2.30. The van der Waals surface area contributed by atoms with Gasteiger partial charge in [0.25, 0.3) is 5.56 Å². The van der Waals surface area contributed by atoms with Gasteiger partial charge in [0.2, 0.25) is 11.8 Å². The summed E-state index contributed by atoms with van der Waals surface area (Å²) in [6, 6.07) is 6.99. The summed E-state index contributed by atoms with van der Waals surface area (Å²) < 4.78 is 43.9. The lowest BCUT2D eigenvalue weighted by molar-refractivity contribution is -0.157. The molecule has 0 saturated carbocycles. The molecular formula is C19H18F3N5O3. The van der Waals surface area contributed by atoms with E-state index in [4.69, 9.17) is 4.42 Å². The monoisotopic (exact) mass is 421 g/mol. The summed E-state index contributed by atoms with van der Waals surface area (Å²) in [4.78, 5) is 30.9. The van der Waals surface area contributed by atoms with Crippen molar-refractivity contribution in [1.82, 2.24) is 24.6 Å². The average molecular weight is 421 g/mol. The number of piperidine rings is 1. The van der Waals surface area contributed by atoms with Crippen LogP contribution in [0.1, 0.15) is 37.0 Å². The fourth-order valence-corrected chi connectivity index (χ4v) is 3.53. The van der Waals surface area contributed by atoms with Crippen LogP contribution in [0, 0.1) is 0 Å². The first-order valence-electron chi connectivity index (χ1n) is 9.45. The molecule has 0 bridgehead atoms. The minimum atomic E-state index is -4.67. The Morgan fingerprint density at radius 3 is 2.60 bits per heavy atom. The molecule has 0 atom stereocenters. The Morgan fingerprint density at radius 2 is 1.90 bits per heavy atom. The number of para-hydroxylation sites is 1. The van der Waals surface area contributed by atoms with Gasteiger partial charge in [-0.15, -0.1) is 10.2 Å². The Hall–Kier alpha value is -3.24. The largest absolute Gasteiger partial charge is 0.470 e. The van der Waals surface area contributed by atoms with Crippen LogP contribution >= 0.6 is 0 Å². The zero-order valence-electron chi connectivity index (χ0n) is 15.8. The smallest absolute Gasteiger partial charge is 0.417 e. The zero-order chi connectivity index (χ0) is 21.3. The Bertz CT molecular complexity index is 1120. The highest BCUT2D eigenvalue weighted by atomic mass is 19.4. The number of likely N-dealkylation sites (tertiary alicyclic amines) is 1. The summed E-state index contributed by atoms with van der Waals surface area (Å²) in [5, 5.41) is 7.04. The third kappa shape index (κ3) is 4.05. The molecule has 0 spiro atoms. The van der Waals surface area contributed by atoms with E-state index < -0.39 is 12.1 Å². The molecule has 0 aliphatic carbocycles. The normalized spacial score (nSPS) is 15.6. The second-order valence-corrected chi connectivity index (χ2v) is 7.11. The quantitative estimate of drug-likeness (QED) is 0.643. The molecule has 1 aromatic carbocycles. The second-order valence-electron chi connectivity index (χ2n) is 7.11. The van der Waals surface area contributed by atoms with Crippen LogP contribution in [-0.4, -0.2) is 43.6 Å². The Morgan fingerprint density at radius 1 is 1.17 bits per heavy atom. The topological polar surface area (TPSA) is 94.1 Å². The van der Waals surface area contributed by atoms with Gasteiger partial charge < -0.3 is 9.32 Å². The summed E-state index contributed by atoms with van der Waals surface area (Å²) in [5.41, 5.74) is 0.394. The highest BCUT2D eigenvalue weighted by molar-refractivity contribution is 5.77. The first kappa shape index (κ1) is 20.0. The number of hydrogen-bond donors (Lipinski definition) is 0. The van der Waals surface area contributed by atoms with Gasteiger partial charge in [0, 0.05) is 32.0 Å². The number of nitrogens with zero attached hydrogens (tertiary/aromatic N) is 5. The minimum absolute atomic E-state index is 0.0526. The number of carbonyl (C=O) groups excluding carboxylic acids is 1. The molecule has 4 rings (SSSR count). The standard InChI is InChI=1S/C19H18F3N5O3/c20-19(21,22)18-25-24-16(30-18)12-5-8-26(9-6-12)15(28)7-10-27-11-23-14-4-2-1-3-13(14)17(27)29/h1-4,11-12H,5-10H2. The van der Waals surface area contributed by atoms with Crippen molar-refractivity contribution >= 4 is 16.8 Å². The van der Waals surface area contributed by atoms with Gasteiger partial charge >= 0.3 is 12.1 Å². The summed E-state index contributed by atoms with van der Waals surface area (Å²) in [5.74, 6) is -1.85. The highest BCUT2D eigenvalue weighted by Gasteiger charge is 2.39. The van der Waals surface area contributed by atoms with Crippen molar-refractivity contribution in [2.45, 2.75) is 37.9 Å². The Kier molecular flexibility index (Phi) is 5.27. The fraction of sp³-hybridized carbons (Fsp3) is 0.421. The third-order valence-electron chi connectivity index (χ3n) is 5.18. The number of rotatable bonds is 4. The highest BCUT2D eigenvalue weighted by Crippen LogP contribution is 2.32. The Balaban J connectivity index is 1.33. The molecule has 0 radical (unpaired) electrons. The van der Waals surface area contributed by atoms with Gasteiger partial charge in [0.15, 0.2) is 0 Å². The fourth-order valence-electron chi connectivity index (χ4n) is 3.53. The predicted molar refractivity (Wildman–Crippen MR) is 98.5 cm³/mol. The first-order valence-corrected chi connectivity index (χ1v) is 9.45. The maximum Gasteiger partial charge on any atom is 0.470 e. The van der Waals surface area contributed by atoms with Gasteiger partial charge in [-0.25, -0.2) is 4.98 Å². The van der Waals surface area contributed by atoms with Crippen LogP contribution in [0.4, 0.5) is 13.2 Å². The molecule has 30 heavy (non-hydrogen) atoms. The molecule has 1 amide bonds. The molecule has 8 nitrogen and oxygen atoms in total. The number of aromatic nitrogens is 4. The molecule has 0 unspecified atom stereocenters. The van der Waals surface area contributed by atoms with E-state index >= 15 is 0 Å². The van der Waals surface area contributed by atoms with Crippen LogP contribution in [0.3, 0.4) is 0 Å². The van der Waals surface area contributed by atoms with Crippen LogP contribution in [0.15, 0.2) is 39.8 Å². The van der Waals surface area contributed by atoms with Crippen molar-refractivity contribution in [3.63, 3.8) is 0 Å². The van der Waals surface area contributed by atoms with Gasteiger partial charge in [-0.05, 0) is 25.0 Å². The molecule has 11 heteroatoms. The molecule has 1 fully saturated rings. The van der Waals surface area contributed by atoms with E-state index in [1.54, 1.807) is 29.2 Å². The summed E-state index contributed by atoms with van der Waals surface area (Å²) in [7, 11) is 0. The number of benzene rings is 1. The van der Waals surface area contributed by atoms with Crippen molar-refractivity contribution in [3.8, 4) is 0 Å². The number of hydrogen-bond acceptors (Lipinski definition) is 6. The molecule has 1 aliphatic heterocycles. The van der Waals surface area contributed by atoms with Crippen molar-refractivity contribution in [2.75, 3.05) is 13.1 Å². The van der Waals surface area contributed by atoms with Crippen LogP contribution in [0.25, 0.3) is 10.9 Å². The lowest BCUT2D eigenvalue weighted by Crippen LogP contribution is -2.38. The molecule has 0 N–H and O–H groups in total. The number of carbonyl (C=O) groups is 1. The minimum Gasteiger partial charge on any atom is -0.417 e. The van der Waals surface area contributed by atoms with Crippen LogP contribution < -0.4 is 5.56 Å². The van der Waals surface area contributed by atoms with Crippen molar-refractivity contribution in [2.24, 2.45) is 0 Å². The maximum absolute atomic E-state index is 12.6. The van der Waals surface area contributed by atoms with E-state index in [-0.39, 0.29) is 36.2 Å². The third-order valence-corrected chi connectivity index (χ3v) is 5.18. The SMILES string of the molecule is O=C(CCn1cnc2ccccc2c1=O)N1CCC(c2nnc(C(F)(F)F)o2)CC1. The van der Waals surface area contributed by atoms with Gasteiger partial charge in [0.1, 0.15) is 0 Å². The Labute approximate surface area is 168 Å². The average Bonchev–Trinajstić information content (AvgIpc) is 3.24. The number of aryl methyl sites for hydroxylation is 1. The molecule has 2 aromatic heterocycles. The molecule has 1 saturated heterocycles. The second kappa shape index (κ2) is 7.88. The predicted octanol–water partition coefficient (Wildman–Crippen LogP) is 2.59. The van der Waals surface area contributed by atoms with E-state index in [2.05, 4.69) is 15.2 Å². The number of alkyl halides is 3. The van der Waals surface area contributed by atoms with E-state index in [9.17, 15) is 22.8 Å². The van der Waals surface area contributed by atoms with E-state index in [1.165, 1.54) is 10.9 Å². The molecule has 3 heterocycles. The van der Waals surface area contributed by atoms with Gasteiger partial charge in [-0.2, -0.15) is 13.2 Å². The van der Waals surface area contributed by atoms with Crippen LogP contribution in [0.5, 0.6) is 0 Å². The zero-order valence-corrected chi connectivity index (χ0v) is 15.8. The van der Waals surface area contributed by atoms with E-state index in [1.807, 2.05) is 0 Å². The van der Waals surface area contributed by atoms with Gasteiger partial charge in [-0.1, -0.05) is 12.1 Å². The van der Waals surface area contributed by atoms with Crippen molar-refractivity contribution in [3.05, 3.63) is 52.7 Å². The van der Waals surface area contributed by atoms with Gasteiger partial charge in [0.05, 0.1) is 17.2 Å². The summed E-state index contributed by atoms with van der Waals surface area (Å²) in [6.45, 7) is 0.949. The van der Waals surface area contributed by atoms with Crippen LogP contribution in [-0.2, 0) is 17.5 Å². The molecule has 158 valence electrons. The van der Waals surface area contributed by atoms with E-state index in [0.717, 1.165) is 0 Å². The molecule has 1 aliphatic rings. The number of fused-ring (bicyclic) bond motifs is 1. The summed E-state index contributed by atoms with van der Waals surface area (Å²) >= 11 is 0. The van der Waals surface area contributed by atoms with Crippen molar-refractivity contribution in [1.29, 1.82) is 0 Å². The first-order chi connectivity index (χ1) is 14.3. The molecule has 3 aromatic rings. The number of halogens is 3. The van der Waals surface area contributed by atoms with Crippen molar-refractivity contribution < 1.29 is 22.4 Å². The number of amides is 1. The van der Waals surface area contributed by atoms with Gasteiger partial charge in [-0.3, -0.25) is 14.2 Å². The van der Waals surface area contributed by atoms with E-state index in [0.29, 0.717) is 36.8 Å². The van der Waals surface area contributed by atoms with Crippen LogP contribution in [0.2, 0.25) is 0 Å². The maximum atomic E-state index is 12.6.